The summed E-state index contributed by atoms with van der Waals surface area (Å²) in [4.78, 5) is 20.6. The van der Waals surface area contributed by atoms with Crippen molar-refractivity contribution < 1.29 is 9.72 Å². The summed E-state index contributed by atoms with van der Waals surface area (Å²) < 4.78 is 0. The van der Waals surface area contributed by atoms with E-state index < -0.39 is 0 Å². The number of nitro groups is 1. The van der Waals surface area contributed by atoms with Gasteiger partial charge in [0.1, 0.15) is 0 Å². The predicted molar refractivity (Wildman–Crippen MR) is 99.9 cm³/mol. The molecule has 0 N–H and O–H groups in total. The number of hydrogen-bond donors (Lipinski definition) is 0. The lowest BCUT2D eigenvalue weighted by Gasteiger charge is -1.94. The third kappa shape index (κ3) is 14.7. The molecule has 0 spiro atoms. The number of allylic oxidation sites excluding steroid dienone is 9. The van der Waals surface area contributed by atoms with Crippen molar-refractivity contribution in [3.05, 3.63) is 70.5 Å². The smallest absolute Gasteiger partial charge is 0.246 e. The second kappa shape index (κ2) is 17.1. The first-order chi connectivity index (χ1) is 11.7. The first kappa shape index (κ1) is 21.8. The lowest BCUT2D eigenvalue weighted by Crippen LogP contribution is -1.97. The van der Waals surface area contributed by atoms with Gasteiger partial charge in [0.2, 0.25) is 5.70 Å². The highest BCUT2D eigenvalue weighted by molar-refractivity contribution is 5.50. The standard InChI is InChI=1S/C20H28NO3/c1-2-3-4-5-6-7-8-9-10-11-12-14-17-20(21(23)24)18-15-13-16-19-22/h3-4,6-7,9-10,12,14,18H,2,5,8,11,13,15-17H2,1H3/b4-3+,7-6+,10-9+,14-12+,20-18-. The van der Waals surface area contributed by atoms with Crippen LogP contribution in [0.2, 0.25) is 0 Å². The molecule has 4 heteroatoms. The van der Waals surface area contributed by atoms with Crippen molar-refractivity contribution >= 4 is 6.29 Å². The van der Waals surface area contributed by atoms with Gasteiger partial charge in [-0.15, -0.1) is 0 Å². The van der Waals surface area contributed by atoms with Crippen LogP contribution in [-0.2, 0) is 4.79 Å². The molecule has 0 aliphatic heterocycles. The van der Waals surface area contributed by atoms with E-state index in [-0.39, 0.29) is 10.6 Å². The quantitative estimate of drug-likeness (QED) is 0.180. The zero-order valence-corrected chi connectivity index (χ0v) is 14.5. The fraction of sp³-hybridized carbons (Fsp3) is 0.450. The van der Waals surface area contributed by atoms with E-state index in [1.165, 1.54) is 0 Å². The van der Waals surface area contributed by atoms with Gasteiger partial charge in [-0.25, -0.2) is 0 Å². The molecular weight excluding hydrogens is 302 g/mol. The van der Waals surface area contributed by atoms with Gasteiger partial charge >= 0.3 is 0 Å². The van der Waals surface area contributed by atoms with Gasteiger partial charge in [0.25, 0.3) is 0 Å². The van der Waals surface area contributed by atoms with Gasteiger partial charge in [0.15, 0.2) is 6.29 Å². The van der Waals surface area contributed by atoms with Gasteiger partial charge in [-0.05, 0) is 44.6 Å². The van der Waals surface area contributed by atoms with Crippen molar-refractivity contribution in [2.75, 3.05) is 0 Å². The second-order valence-electron chi connectivity index (χ2n) is 5.19. The molecule has 0 saturated carbocycles. The molecule has 0 aliphatic rings. The average Bonchev–Trinajstić information content (AvgIpc) is 2.57. The van der Waals surface area contributed by atoms with Crippen LogP contribution in [0, 0.1) is 10.1 Å². The Morgan fingerprint density at radius 3 is 2.00 bits per heavy atom. The minimum atomic E-state index is -0.359. The number of nitrogens with zero attached hydrogens (tertiary/aromatic N) is 1. The molecule has 131 valence electrons. The molecule has 0 fully saturated rings. The van der Waals surface area contributed by atoms with Gasteiger partial charge in [-0.1, -0.05) is 55.5 Å². The average molecular weight is 330 g/mol. The second-order valence-corrected chi connectivity index (χ2v) is 5.19. The normalized spacial score (nSPS) is 13.0. The number of carbonyl (C=O) groups excluding carboxylic acids is 1. The summed E-state index contributed by atoms with van der Waals surface area (Å²) in [6, 6.07) is 0. The molecule has 1 radical (unpaired) electrons. The molecule has 0 amide bonds. The molecule has 0 saturated heterocycles. The lowest BCUT2D eigenvalue weighted by molar-refractivity contribution is -0.427. The molecule has 0 heterocycles. The maximum absolute atomic E-state index is 10.9. The minimum Gasteiger partial charge on any atom is -0.291 e. The van der Waals surface area contributed by atoms with E-state index in [0.717, 1.165) is 25.7 Å². The molecule has 0 bridgehead atoms. The molecule has 0 aliphatic carbocycles. The Kier molecular flexibility index (Phi) is 15.5. The highest BCUT2D eigenvalue weighted by Crippen LogP contribution is 2.07. The predicted octanol–water partition coefficient (Wildman–Crippen LogP) is 5.62. The van der Waals surface area contributed by atoms with Crippen molar-refractivity contribution in [2.24, 2.45) is 0 Å². The maximum Gasteiger partial charge on any atom is 0.246 e. The molecule has 0 aromatic rings. The molecule has 0 unspecified atom stereocenters. The van der Waals surface area contributed by atoms with Gasteiger partial charge in [0, 0.05) is 6.42 Å². The van der Waals surface area contributed by atoms with Crippen LogP contribution in [0.25, 0.3) is 0 Å². The Balaban J connectivity index is 3.95. The third-order valence-corrected chi connectivity index (χ3v) is 3.14. The zero-order chi connectivity index (χ0) is 17.9. The van der Waals surface area contributed by atoms with Gasteiger partial charge in [-0.2, -0.15) is 0 Å². The molecular formula is C20H28NO3. The van der Waals surface area contributed by atoms with Crippen molar-refractivity contribution in [1.29, 1.82) is 0 Å². The first-order valence-corrected chi connectivity index (χ1v) is 8.50. The van der Waals surface area contributed by atoms with Crippen molar-refractivity contribution in [3.63, 3.8) is 0 Å². The van der Waals surface area contributed by atoms with Crippen LogP contribution in [0.3, 0.4) is 0 Å². The van der Waals surface area contributed by atoms with Crippen molar-refractivity contribution in [2.45, 2.75) is 58.3 Å². The van der Waals surface area contributed by atoms with E-state index in [4.69, 9.17) is 0 Å². The van der Waals surface area contributed by atoms with Crippen LogP contribution in [-0.4, -0.2) is 11.2 Å². The lowest BCUT2D eigenvalue weighted by atomic mass is 10.2. The van der Waals surface area contributed by atoms with Crippen molar-refractivity contribution in [1.82, 2.24) is 0 Å². The summed E-state index contributed by atoms with van der Waals surface area (Å²) in [5.41, 5.74) is 0.184. The number of rotatable bonds is 14. The van der Waals surface area contributed by atoms with Gasteiger partial charge < -0.3 is 0 Å². The summed E-state index contributed by atoms with van der Waals surface area (Å²) in [5, 5.41) is 10.9. The Bertz CT molecular complexity index is 485. The van der Waals surface area contributed by atoms with Crippen molar-refractivity contribution in [3.8, 4) is 0 Å². The fourth-order valence-electron chi connectivity index (χ4n) is 1.86. The topological polar surface area (TPSA) is 60.2 Å². The molecule has 0 aromatic heterocycles. The van der Waals surface area contributed by atoms with Crippen LogP contribution < -0.4 is 0 Å². The van der Waals surface area contributed by atoms with E-state index in [9.17, 15) is 14.9 Å². The summed E-state index contributed by atoms with van der Waals surface area (Å²) in [5.74, 6) is 0. The van der Waals surface area contributed by atoms with Crippen LogP contribution >= 0.6 is 0 Å². The zero-order valence-electron chi connectivity index (χ0n) is 14.5. The fourth-order valence-corrected chi connectivity index (χ4v) is 1.86. The Labute approximate surface area is 145 Å². The van der Waals surface area contributed by atoms with Gasteiger partial charge in [0.05, 0.1) is 11.3 Å². The summed E-state index contributed by atoms with van der Waals surface area (Å²) in [6.45, 7) is 2.12. The Morgan fingerprint density at radius 1 is 0.958 bits per heavy atom. The summed E-state index contributed by atoms with van der Waals surface area (Å²) in [7, 11) is 0. The molecule has 24 heavy (non-hydrogen) atoms. The minimum absolute atomic E-state index is 0.184. The third-order valence-electron chi connectivity index (χ3n) is 3.14. The van der Waals surface area contributed by atoms with E-state index in [1.807, 2.05) is 12.2 Å². The molecule has 0 aromatic carbocycles. The number of unbranched alkanes of at least 4 members (excludes halogenated alkanes) is 2. The summed E-state index contributed by atoms with van der Waals surface area (Å²) >= 11 is 0. The highest BCUT2D eigenvalue weighted by atomic mass is 16.6. The Morgan fingerprint density at radius 2 is 1.50 bits per heavy atom. The van der Waals surface area contributed by atoms with E-state index >= 15 is 0 Å². The van der Waals surface area contributed by atoms with Gasteiger partial charge in [-0.3, -0.25) is 14.9 Å². The Hall–Kier alpha value is -2.23. The number of hydrogen-bond acceptors (Lipinski definition) is 3. The molecule has 4 nitrogen and oxygen atoms in total. The van der Waals surface area contributed by atoms with E-state index in [0.29, 0.717) is 25.7 Å². The molecule has 0 atom stereocenters. The largest absolute Gasteiger partial charge is 0.291 e. The van der Waals surface area contributed by atoms with Crippen LogP contribution in [0.5, 0.6) is 0 Å². The van der Waals surface area contributed by atoms with Crippen LogP contribution in [0.1, 0.15) is 58.3 Å². The highest BCUT2D eigenvalue weighted by Gasteiger charge is 2.06. The van der Waals surface area contributed by atoms with E-state index in [2.05, 4.69) is 43.4 Å². The van der Waals surface area contributed by atoms with E-state index in [1.54, 1.807) is 12.4 Å². The maximum atomic E-state index is 10.9. The first-order valence-electron chi connectivity index (χ1n) is 8.50. The summed E-state index contributed by atoms with van der Waals surface area (Å²) in [6.07, 6.45) is 25.4. The molecule has 0 rings (SSSR count). The SMILES string of the molecule is CC/C=C/C/C=C/C/C=C/C/C=C/C/C(=C/CCC[C]=O)[N+](=O)[O-]. The van der Waals surface area contributed by atoms with Crippen LogP contribution in [0.4, 0.5) is 0 Å². The van der Waals surface area contributed by atoms with Crippen LogP contribution in [0.15, 0.2) is 60.4 Å². The monoisotopic (exact) mass is 330 g/mol.